The van der Waals surface area contributed by atoms with Crippen molar-refractivity contribution >= 4 is 43.4 Å². The zero-order valence-corrected chi connectivity index (χ0v) is 19.1. The largest absolute Gasteiger partial charge is 0.457 e. The van der Waals surface area contributed by atoms with Crippen molar-refractivity contribution in [3.63, 3.8) is 0 Å². The van der Waals surface area contributed by atoms with Gasteiger partial charge in [0.2, 0.25) is 15.0 Å². The molecule has 0 saturated heterocycles. The average molecular weight is 479 g/mol. The molecule has 0 aliphatic rings. The lowest BCUT2D eigenvalue weighted by molar-refractivity contribution is 0.474. The lowest BCUT2D eigenvalue weighted by Crippen LogP contribution is -2.06. The van der Waals surface area contributed by atoms with Crippen LogP contribution in [0.15, 0.2) is 54.3 Å². The van der Waals surface area contributed by atoms with Crippen LogP contribution in [-0.2, 0) is 16.9 Å². The molecule has 0 atom stereocenters. The molecule has 0 aliphatic heterocycles. The van der Waals surface area contributed by atoms with Crippen LogP contribution in [0.5, 0.6) is 11.5 Å². The van der Waals surface area contributed by atoms with Gasteiger partial charge in [-0.1, -0.05) is 0 Å². The van der Waals surface area contributed by atoms with Crippen LogP contribution >= 0.6 is 0 Å². The fourth-order valence-corrected chi connectivity index (χ4v) is 3.99. The standard InChI is InChI=1S/C22H18FN7O3S/c1-12-6-13(28-21-19-17(25-10-26-21)9-24-22(29-19)34(3,31)32)4-5-18(12)33-14-7-15(23)20-16(8-14)27-11-30(20)2/h4-11H,1-3H3,(H,25,26,28). The zero-order valence-electron chi connectivity index (χ0n) is 18.3. The highest BCUT2D eigenvalue weighted by Crippen LogP contribution is 2.31. The molecule has 34 heavy (non-hydrogen) atoms. The maximum absolute atomic E-state index is 14.5. The number of ether oxygens (including phenoxy) is 1. The van der Waals surface area contributed by atoms with Crippen molar-refractivity contribution in [1.82, 2.24) is 29.5 Å². The second-order valence-electron chi connectivity index (χ2n) is 7.72. The molecule has 0 saturated carbocycles. The van der Waals surface area contributed by atoms with Crippen molar-refractivity contribution in [2.45, 2.75) is 12.1 Å². The zero-order chi connectivity index (χ0) is 24.0. The van der Waals surface area contributed by atoms with Crippen molar-refractivity contribution in [2.75, 3.05) is 11.6 Å². The van der Waals surface area contributed by atoms with Gasteiger partial charge >= 0.3 is 0 Å². The Hall–Kier alpha value is -4.19. The first kappa shape index (κ1) is 21.6. The number of hydrogen-bond donors (Lipinski definition) is 1. The van der Waals surface area contributed by atoms with E-state index in [2.05, 4.69) is 30.2 Å². The SMILES string of the molecule is Cc1cc(Nc2ncnc3cnc(S(C)(=O)=O)nc23)ccc1Oc1cc(F)c2c(c1)ncn2C. The smallest absolute Gasteiger partial charge is 0.247 e. The first-order chi connectivity index (χ1) is 16.2. The number of hydrogen-bond acceptors (Lipinski definition) is 9. The topological polar surface area (TPSA) is 125 Å². The summed E-state index contributed by atoms with van der Waals surface area (Å²) in [5, 5.41) is 2.82. The lowest BCUT2D eigenvalue weighted by atomic mass is 10.2. The summed E-state index contributed by atoms with van der Waals surface area (Å²) in [7, 11) is -1.87. The average Bonchev–Trinajstić information content (AvgIpc) is 3.16. The Balaban J connectivity index is 1.44. The van der Waals surface area contributed by atoms with E-state index in [9.17, 15) is 12.8 Å². The van der Waals surface area contributed by atoms with E-state index >= 15 is 0 Å². The van der Waals surface area contributed by atoms with E-state index in [1.807, 2.05) is 13.0 Å². The van der Waals surface area contributed by atoms with Crippen molar-refractivity contribution in [1.29, 1.82) is 0 Å². The fourth-order valence-electron chi connectivity index (χ4n) is 3.49. The highest BCUT2D eigenvalue weighted by molar-refractivity contribution is 7.90. The van der Waals surface area contributed by atoms with Gasteiger partial charge in [-0.05, 0) is 30.7 Å². The summed E-state index contributed by atoms with van der Waals surface area (Å²) in [6.07, 6.45) is 5.25. The summed E-state index contributed by atoms with van der Waals surface area (Å²) in [5.41, 5.74) is 3.01. The summed E-state index contributed by atoms with van der Waals surface area (Å²) in [4.78, 5) is 20.4. The quantitative estimate of drug-likeness (QED) is 0.376. The highest BCUT2D eigenvalue weighted by atomic mass is 32.2. The molecule has 0 amide bonds. The van der Waals surface area contributed by atoms with Gasteiger partial charge < -0.3 is 14.6 Å². The first-order valence-corrected chi connectivity index (χ1v) is 11.9. The van der Waals surface area contributed by atoms with Gasteiger partial charge in [0, 0.05) is 31.1 Å². The van der Waals surface area contributed by atoms with Crippen LogP contribution in [0, 0.1) is 12.7 Å². The summed E-state index contributed by atoms with van der Waals surface area (Å²) in [5.74, 6) is 0.774. The number of halogens is 1. The van der Waals surface area contributed by atoms with Crippen LogP contribution < -0.4 is 10.1 Å². The highest BCUT2D eigenvalue weighted by Gasteiger charge is 2.15. The van der Waals surface area contributed by atoms with Gasteiger partial charge in [0.25, 0.3) is 0 Å². The van der Waals surface area contributed by atoms with Crippen LogP contribution in [0.2, 0.25) is 0 Å². The number of rotatable bonds is 5. The Morgan fingerprint density at radius 3 is 2.65 bits per heavy atom. The van der Waals surface area contributed by atoms with Gasteiger partial charge in [-0.25, -0.2) is 37.7 Å². The summed E-state index contributed by atoms with van der Waals surface area (Å²) >= 11 is 0. The van der Waals surface area contributed by atoms with E-state index in [1.165, 1.54) is 18.6 Å². The Bertz CT molecular complexity index is 1690. The van der Waals surface area contributed by atoms with Gasteiger partial charge in [0.05, 0.1) is 18.0 Å². The third-order valence-corrected chi connectivity index (χ3v) is 5.95. The van der Waals surface area contributed by atoms with E-state index in [0.29, 0.717) is 39.6 Å². The minimum atomic E-state index is -3.60. The number of sulfone groups is 1. The Morgan fingerprint density at radius 1 is 1.06 bits per heavy atom. The number of nitrogens with zero attached hydrogens (tertiary/aromatic N) is 6. The van der Waals surface area contributed by atoms with E-state index in [-0.39, 0.29) is 10.7 Å². The molecule has 5 aromatic rings. The van der Waals surface area contributed by atoms with Gasteiger partial charge in [-0.3, -0.25) is 0 Å². The third kappa shape index (κ3) is 3.99. The molecule has 0 fully saturated rings. The minimum Gasteiger partial charge on any atom is -0.457 e. The molecule has 0 spiro atoms. The minimum absolute atomic E-state index is 0.273. The van der Waals surface area contributed by atoms with Crippen LogP contribution in [0.4, 0.5) is 15.9 Å². The van der Waals surface area contributed by atoms with Crippen LogP contribution in [-0.4, -0.2) is 44.2 Å². The summed E-state index contributed by atoms with van der Waals surface area (Å²) in [6.45, 7) is 1.85. The Morgan fingerprint density at radius 2 is 1.88 bits per heavy atom. The first-order valence-electron chi connectivity index (χ1n) is 10.0. The van der Waals surface area contributed by atoms with Gasteiger partial charge in [-0.15, -0.1) is 0 Å². The number of aryl methyl sites for hydroxylation is 2. The molecular weight excluding hydrogens is 461 g/mol. The normalized spacial score (nSPS) is 11.8. The number of nitrogens with one attached hydrogen (secondary N) is 1. The van der Waals surface area contributed by atoms with E-state index in [1.54, 1.807) is 36.1 Å². The number of aromatic nitrogens is 6. The van der Waals surface area contributed by atoms with Crippen molar-refractivity contribution in [2.24, 2.45) is 7.05 Å². The molecule has 172 valence electrons. The van der Waals surface area contributed by atoms with Gasteiger partial charge in [0.15, 0.2) is 11.6 Å². The molecule has 12 heteroatoms. The number of benzene rings is 2. The van der Waals surface area contributed by atoms with Crippen LogP contribution in [0.25, 0.3) is 22.1 Å². The maximum atomic E-state index is 14.5. The molecule has 1 N–H and O–H groups in total. The lowest BCUT2D eigenvalue weighted by Gasteiger charge is -2.12. The van der Waals surface area contributed by atoms with Gasteiger partial charge in [0.1, 0.15) is 34.4 Å². The molecule has 3 heterocycles. The molecule has 0 aliphatic carbocycles. The molecular formula is C22H18FN7O3S. The molecule has 5 rings (SSSR count). The molecule has 3 aromatic heterocycles. The van der Waals surface area contributed by atoms with Crippen LogP contribution in [0.3, 0.4) is 0 Å². The predicted octanol–water partition coefficient (Wildman–Crippen LogP) is 3.69. The van der Waals surface area contributed by atoms with Crippen molar-refractivity contribution in [3.8, 4) is 11.5 Å². The molecule has 10 nitrogen and oxygen atoms in total. The molecule has 0 unspecified atom stereocenters. The van der Waals surface area contributed by atoms with E-state index in [4.69, 9.17) is 4.74 Å². The third-order valence-electron chi connectivity index (χ3n) is 5.09. The number of fused-ring (bicyclic) bond motifs is 2. The van der Waals surface area contributed by atoms with Gasteiger partial charge in [-0.2, -0.15) is 0 Å². The van der Waals surface area contributed by atoms with Crippen molar-refractivity contribution in [3.05, 3.63) is 60.6 Å². The van der Waals surface area contributed by atoms with E-state index < -0.39 is 15.7 Å². The second kappa shape index (κ2) is 7.99. The fraction of sp³-hybridized carbons (Fsp3) is 0.136. The van der Waals surface area contributed by atoms with E-state index in [0.717, 1.165) is 11.8 Å². The monoisotopic (exact) mass is 479 g/mol. The van der Waals surface area contributed by atoms with Crippen LogP contribution in [0.1, 0.15) is 5.56 Å². The summed E-state index contributed by atoms with van der Waals surface area (Å²) < 4.78 is 45.7. The van der Waals surface area contributed by atoms with Crippen molar-refractivity contribution < 1.29 is 17.5 Å². The Kier molecular flexibility index (Phi) is 5.09. The maximum Gasteiger partial charge on any atom is 0.247 e. The molecule has 0 radical (unpaired) electrons. The predicted molar refractivity (Wildman–Crippen MR) is 123 cm³/mol. The Labute approximate surface area is 193 Å². The molecule has 0 bridgehead atoms. The molecule has 2 aromatic carbocycles. The number of anilines is 2. The second-order valence-corrected chi connectivity index (χ2v) is 9.63. The summed E-state index contributed by atoms with van der Waals surface area (Å²) in [6, 6.07) is 8.30. The number of imidazole rings is 1.